The van der Waals surface area contributed by atoms with Gasteiger partial charge in [0.1, 0.15) is 0 Å². The summed E-state index contributed by atoms with van der Waals surface area (Å²) in [6, 6.07) is 38.4. The largest absolute Gasteiger partial charge is 0.455 e. The van der Waals surface area contributed by atoms with Gasteiger partial charge in [0, 0.05) is 0 Å². The van der Waals surface area contributed by atoms with Crippen molar-refractivity contribution in [3.8, 4) is 0 Å². The molecule has 882 valence electrons. The molecular weight excluding hydrogens is 2060 g/mol. The van der Waals surface area contributed by atoms with Crippen LogP contribution in [0, 0.1) is 0 Å². The summed E-state index contributed by atoms with van der Waals surface area (Å²) in [7, 11) is -28.0. The van der Waals surface area contributed by atoms with Crippen molar-refractivity contribution in [3.63, 3.8) is 0 Å². The monoisotopic (exact) mass is 2340 g/mol. The van der Waals surface area contributed by atoms with Gasteiger partial charge in [0.25, 0.3) is 0 Å². The van der Waals surface area contributed by atoms with Crippen molar-refractivity contribution < 1.29 is 41.2 Å². The van der Waals surface area contributed by atoms with E-state index in [1.54, 1.807) is 20.7 Å². The van der Waals surface area contributed by atoms with Crippen molar-refractivity contribution in [2.24, 2.45) is 0 Å². The second kappa shape index (κ2) is 96.2. The van der Waals surface area contributed by atoms with E-state index < -0.39 is 134 Å². The zero-order valence-corrected chi connectivity index (χ0v) is 126. The maximum atomic E-state index is 6.97. The van der Waals surface area contributed by atoms with Gasteiger partial charge in [0.05, 0.1) is 32.3 Å². The Morgan fingerprint density at radius 2 is 0.347 bits per heavy atom. The van der Waals surface area contributed by atoms with Crippen LogP contribution in [0.3, 0.4) is 0 Å². The van der Waals surface area contributed by atoms with Crippen LogP contribution in [-0.2, 0) is 41.2 Å². The van der Waals surface area contributed by atoms with Gasteiger partial charge in [0.15, 0.2) is 33.3 Å². The Labute approximate surface area is 946 Å². The fourth-order valence-electron chi connectivity index (χ4n) is 18.8. The first-order valence-electron chi connectivity index (χ1n) is 61.9. The lowest BCUT2D eigenvalue weighted by Crippen LogP contribution is -2.67. The normalized spacial score (nSPS) is 20.9. The van der Waals surface area contributed by atoms with Gasteiger partial charge in [-0.1, -0.05) is 550 Å². The van der Waals surface area contributed by atoms with Crippen LogP contribution in [0.1, 0.15) is 404 Å². The maximum absolute atomic E-state index is 6.97. The van der Waals surface area contributed by atoms with Crippen LogP contribution in [0.15, 0.2) is 101 Å². The van der Waals surface area contributed by atoms with Crippen molar-refractivity contribution in [3.05, 3.63) is 101 Å². The van der Waals surface area contributed by atoms with Gasteiger partial charge in [-0.05, 0) is 177 Å². The number of rotatable bonds is 57. The van der Waals surface area contributed by atoms with Crippen LogP contribution in [0.25, 0.3) is 0 Å². The van der Waals surface area contributed by atoms with Crippen LogP contribution in [-0.4, -0.2) is 134 Å². The Morgan fingerprint density at radius 1 is 0.177 bits per heavy atom. The van der Waals surface area contributed by atoms with E-state index >= 15 is 0 Å². The standard InChI is InChI=1S/C18H44O4Si4.C16H30Si2.C15H38O4Si4.C15H28Si2.C12H30OSi2.C11H28OSi2.C8H18.C7H16.C6H14.C5H12.4C2H4/c1-9-13-16-24(6)19-23(5,12-4)20-25(7,17-14-10-2)22-26(8,21-24)18-15-11-3;1-7-9-14-18(5,6)16-12-10-15(11-13-16)17(3,4)8-2;1-9-13-21(6)16-20(5,12-4)17-22(7,14-10-2)19-23(8,18-21)15-11-3;1-7-13-17(5,6)15-11-9-14(10-12-15)16(3,4)8-2;1-7-9-11-14(3,4)13-15(5,6)12-10-8-2;1-7-9-11-14(5,6)12-13(3,4)10-8-2;1-3-5-7-8-6-4-2;1-3-5-7-6-4-2;1-3-5-6-4-2;1-3-5-4-2;4*1-2/h9-18H2,1-8H3;10-13H,7-9,14H2,1-6H3;9-15H2,1-8H3;9-12H,7-8,13H2,1-6H3;7-12H2,1-6H3;7-11H2,1-6H3;3-8H2,1-2H3;3-7H2,1-2H3;3-6H2,1-2H3;3-5H2,1-2H3;4*1-2H2. The average Bonchev–Trinajstić information content (AvgIpc) is 0.770. The summed E-state index contributed by atoms with van der Waals surface area (Å²) in [6.45, 7) is 135. The smallest absolute Gasteiger partial charge is 0.317 e. The minimum atomic E-state index is -2.29. The first-order valence-corrected chi connectivity index (χ1v) is 107. The molecule has 2 aliphatic rings. The topological polar surface area (TPSA) is 92.3 Å². The van der Waals surface area contributed by atoms with E-state index in [2.05, 4.69) is 424 Å². The highest BCUT2D eigenvalue weighted by Gasteiger charge is 2.58. The molecule has 0 spiro atoms. The van der Waals surface area contributed by atoms with Crippen LogP contribution in [0.4, 0.5) is 0 Å². The lowest BCUT2D eigenvalue weighted by molar-refractivity contribution is 0.219. The lowest BCUT2D eigenvalue weighted by atomic mass is 10.1. The molecule has 4 unspecified atom stereocenters. The minimum absolute atomic E-state index is 0.963. The van der Waals surface area contributed by atoms with Crippen LogP contribution in [0.2, 0.25) is 254 Å². The quantitative estimate of drug-likeness (QED) is 0.0362. The third-order valence-corrected chi connectivity index (χ3v) is 96.1. The van der Waals surface area contributed by atoms with Crippen molar-refractivity contribution in [2.75, 3.05) is 0 Å². The Morgan fingerprint density at radius 3 is 0.531 bits per heavy atom. The molecule has 147 heavy (non-hydrogen) atoms. The summed E-state index contributed by atoms with van der Waals surface area (Å²) in [6.07, 6.45) is 48.7. The summed E-state index contributed by atoms with van der Waals surface area (Å²) in [5.41, 5.74) is 0. The molecule has 0 bridgehead atoms. The summed E-state index contributed by atoms with van der Waals surface area (Å²) in [5.74, 6) is 0. The first kappa shape index (κ1) is 167. The fourth-order valence-corrected chi connectivity index (χ4v) is 91.8. The van der Waals surface area contributed by atoms with Gasteiger partial charge >= 0.3 is 68.5 Å². The third-order valence-electron chi connectivity index (χ3n) is 28.2. The molecule has 0 saturated carbocycles. The Bertz CT molecular complexity index is 3100. The van der Waals surface area contributed by atoms with Gasteiger partial charge in [-0.2, -0.15) is 0 Å². The molecule has 26 heteroatoms. The molecule has 2 aliphatic heterocycles. The summed E-state index contributed by atoms with van der Waals surface area (Å²) < 4.78 is 67.8. The van der Waals surface area contributed by atoms with E-state index in [9.17, 15) is 0 Å². The molecular formula is C121H274O10Si16. The number of hydrogen-bond donors (Lipinski definition) is 0. The summed E-state index contributed by atoms with van der Waals surface area (Å²) in [5, 5.41) is 6.50. The summed E-state index contributed by atoms with van der Waals surface area (Å²) in [4.78, 5) is 0. The molecule has 2 saturated heterocycles. The molecule has 0 aliphatic carbocycles. The molecule has 10 nitrogen and oxygen atoms in total. The molecule has 0 amide bonds. The molecule has 0 radical (unpaired) electrons. The van der Waals surface area contributed by atoms with E-state index in [1.165, 1.54) is 267 Å². The molecule has 4 atom stereocenters. The van der Waals surface area contributed by atoms with Gasteiger partial charge < -0.3 is 41.2 Å². The Hall–Kier alpha value is 0.470. The van der Waals surface area contributed by atoms with E-state index in [4.69, 9.17) is 41.2 Å². The molecule has 4 rings (SSSR count). The van der Waals surface area contributed by atoms with Crippen molar-refractivity contribution in [2.45, 2.75) is 658 Å². The Balaban J connectivity index is -0.000000181. The van der Waals surface area contributed by atoms with Gasteiger partial charge in [-0.15, -0.1) is 52.6 Å². The molecule has 0 aromatic heterocycles. The highest BCUT2D eigenvalue weighted by molar-refractivity contribution is 6.96. The second-order valence-electron chi connectivity index (χ2n) is 48.2. The van der Waals surface area contributed by atoms with Crippen LogP contribution < -0.4 is 20.7 Å². The average molecular weight is 2340 g/mol. The molecule has 2 aromatic rings. The minimum Gasteiger partial charge on any atom is -0.455 e. The first-order chi connectivity index (χ1) is 68.6. The zero-order chi connectivity index (χ0) is 117. The second-order valence-corrected chi connectivity index (χ2v) is 115. The molecule has 2 heterocycles. The van der Waals surface area contributed by atoms with Gasteiger partial charge in [0.2, 0.25) is 0 Å². The van der Waals surface area contributed by atoms with E-state index in [0.717, 1.165) is 67.6 Å². The Kier molecular flexibility index (Phi) is 110. The SMILES string of the molecule is C=C.C=C.C=C.C=C.CCCCC.CCCCCC.CCCCCCC.CCCCCCCC.CCCC[Si](C)(C)O[Si](C)(C)CCC.CCCC[Si](C)(C)O[Si](C)(C)CCCC.CCCC[Si](C)(C)c1ccc([Si](C)(C)CC)cc1.CCCC[Si]1(C)O[Si](C)(CC)O[Si](C)(CCCC)O[Si](C)(CCCC)O1.CCC[Si](C)(C)c1ccc([Si](C)(C)CC)cc1.CCC[Si]1(C)O[Si](C)(CC)O[Si](C)(CCC)O[Si](C)(CCC)O1. The lowest BCUT2D eigenvalue weighted by Gasteiger charge is -2.50. The highest BCUT2D eigenvalue weighted by atomic mass is 28.5. The van der Waals surface area contributed by atoms with Crippen LogP contribution >= 0.6 is 0 Å². The predicted molar refractivity (Wildman–Crippen MR) is 724 cm³/mol. The highest BCUT2D eigenvalue weighted by Crippen LogP contribution is 2.41. The number of hydrogen-bond acceptors (Lipinski definition) is 10. The maximum Gasteiger partial charge on any atom is 0.317 e. The number of unbranched alkanes of at least 4 members (excludes halogenated alkanes) is 21. The van der Waals surface area contributed by atoms with Crippen molar-refractivity contribution in [1.29, 1.82) is 0 Å². The van der Waals surface area contributed by atoms with E-state index in [1.807, 2.05) is 0 Å². The van der Waals surface area contributed by atoms with E-state index in [-0.39, 0.29) is 0 Å². The van der Waals surface area contributed by atoms with Crippen molar-refractivity contribution in [1.82, 2.24) is 0 Å². The summed E-state index contributed by atoms with van der Waals surface area (Å²) >= 11 is 0. The van der Waals surface area contributed by atoms with Gasteiger partial charge in [-0.3, -0.25) is 0 Å². The van der Waals surface area contributed by atoms with Crippen LogP contribution in [0.5, 0.6) is 0 Å². The van der Waals surface area contributed by atoms with Gasteiger partial charge in [-0.25, -0.2) is 0 Å². The fraction of sp³-hybridized carbons (Fsp3) is 0.835. The molecule has 0 N–H and O–H groups in total. The molecule has 2 fully saturated rings. The predicted octanol–water partition coefficient (Wildman–Crippen LogP) is 44.6. The van der Waals surface area contributed by atoms with Crippen molar-refractivity contribution >= 4 is 155 Å². The number of benzene rings is 2. The zero-order valence-electron chi connectivity index (χ0n) is 110. The third kappa shape index (κ3) is 88.9. The molecule has 2 aromatic carbocycles. The van der Waals surface area contributed by atoms with E-state index in [0.29, 0.717) is 0 Å².